The SMILES string of the molecule is [Si]Nc1ccccc1N[Si]. The first kappa shape index (κ1) is 7.36. The molecule has 0 saturated carbocycles. The maximum atomic E-state index is 3.18. The van der Waals surface area contributed by atoms with Crippen molar-refractivity contribution in [2.24, 2.45) is 0 Å². The number of anilines is 2. The van der Waals surface area contributed by atoms with Crippen molar-refractivity contribution in [3.8, 4) is 0 Å². The molecule has 0 aliphatic rings. The van der Waals surface area contributed by atoms with Crippen molar-refractivity contribution >= 4 is 32.2 Å². The van der Waals surface area contributed by atoms with Gasteiger partial charge in [-0.2, -0.15) is 0 Å². The lowest BCUT2D eigenvalue weighted by atomic mass is 10.3. The maximum Gasteiger partial charge on any atom is 0.186 e. The Labute approximate surface area is 67.0 Å². The van der Waals surface area contributed by atoms with Crippen LogP contribution >= 0.6 is 0 Å². The van der Waals surface area contributed by atoms with Crippen molar-refractivity contribution in [2.75, 3.05) is 9.96 Å². The Morgan fingerprint density at radius 2 is 1.30 bits per heavy atom. The second kappa shape index (κ2) is 3.43. The molecule has 0 spiro atoms. The smallest absolute Gasteiger partial charge is 0.186 e. The molecule has 0 aromatic heterocycles. The highest BCUT2D eigenvalue weighted by molar-refractivity contribution is 6.20. The van der Waals surface area contributed by atoms with E-state index in [9.17, 15) is 0 Å². The van der Waals surface area contributed by atoms with Gasteiger partial charge >= 0.3 is 0 Å². The van der Waals surface area contributed by atoms with Gasteiger partial charge in [-0.1, -0.05) is 12.1 Å². The van der Waals surface area contributed by atoms with Crippen LogP contribution in [0.25, 0.3) is 0 Å². The maximum absolute atomic E-state index is 3.18. The van der Waals surface area contributed by atoms with Gasteiger partial charge in [0.2, 0.25) is 0 Å². The zero-order valence-electron chi connectivity index (χ0n) is 5.31. The Morgan fingerprint density at radius 3 is 1.60 bits per heavy atom. The van der Waals surface area contributed by atoms with Crippen LogP contribution in [-0.4, -0.2) is 20.8 Å². The molecule has 4 heteroatoms. The van der Waals surface area contributed by atoms with Crippen LogP contribution < -0.4 is 9.96 Å². The van der Waals surface area contributed by atoms with E-state index >= 15 is 0 Å². The van der Waals surface area contributed by atoms with E-state index in [1.54, 1.807) is 0 Å². The van der Waals surface area contributed by atoms with E-state index in [4.69, 9.17) is 0 Å². The first-order valence-corrected chi connectivity index (χ1v) is 3.83. The second-order valence-corrected chi connectivity index (χ2v) is 2.30. The third kappa shape index (κ3) is 1.40. The van der Waals surface area contributed by atoms with Gasteiger partial charge in [-0.25, -0.2) is 0 Å². The van der Waals surface area contributed by atoms with E-state index in [-0.39, 0.29) is 0 Å². The number of hydrogen-bond donors (Lipinski definition) is 2. The molecule has 1 aromatic carbocycles. The molecule has 1 rings (SSSR count). The molecule has 0 aliphatic carbocycles. The molecule has 10 heavy (non-hydrogen) atoms. The van der Waals surface area contributed by atoms with Gasteiger partial charge in [0.15, 0.2) is 20.8 Å². The van der Waals surface area contributed by atoms with Gasteiger partial charge in [0.05, 0.1) is 0 Å². The van der Waals surface area contributed by atoms with E-state index in [0.717, 1.165) is 11.4 Å². The summed E-state index contributed by atoms with van der Waals surface area (Å²) in [7, 11) is 6.37. The molecule has 2 N–H and O–H groups in total. The van der Waals surface area contributed by atoms with Crippen LogP contribution in [-0.2, 0) is 0 Å². The number of benzene rings is 1. The van der Waals surface area contributed by atoms with Crippen LogP contribution in [0.15, 0.2) is 24.3 Å². The number of para-hydroxylation sites is 2. The lowest BCUT2D eigenvalue weighted by Gasteiger charge is -2.06. The average Bonchev–Trinajstić information content (AvgIpc) is 2.04. The summed E-state index contributed by atoms with van der Waals surface area (Å²) >= 11 is 0. The highest BCUT2D eigenvalue weighted by Crippen LogP contribution is 2.18. The molecule has 0 heterocycles. The molecule has 0 bridgehead atoms. The topological polar surface area (TPSA) is 24.1 Å². The van der Waals surface area contributed by atoms with Crippen molar-refractivity contribution in [2.45, 2.75) is 0 Å². The fourth-order valence-corrected chi connectivity index (χ4v) is 1.14. The molecule has 6 radical (unpaired) electrons. The van der Waals surface area contributed by atoms with E-state index in [0.29, 0.717) is 0 Å². The molecule has 48 valence electrons. The van der Waals surface area contributed by atoms with Gasteiger partial charge in [0, 0.05) is 11.4 Å². The number of hydrogen-bond acceptors (Lipinski definition) is 2. The molecule has 0 fully saturated rings. The molecule has 0 atom stereocenters. The number of rotatable bonds is 2. The van der Waals surface area contributed by atoms with Gasteiger partial charge in [-0.15, -0.1) is 0 Å². The monoisotopic (exact) mass is 162 g/mol. The van der Waals surface area contributed by atoms with Crippen LogP contribution in [0, 0.1) is 0 Å². The quantitative estimate of drug-likeness (QED) is 0.625. The largest absolute Gasteiger partial charge is 0.411 e. The minimum absolute atomic E-state index is 0.995. The summed E-state index contributed by atoms with van der Waals surface area (Å²) < 4.78 is 0. The Morgan fingerprint density at radius 1 is 0.900 bits per heavy atom. The summed E-state index contributed by atoms with van der Waals surface area (Å²) in [6.07, 6.45) is 0. The summed E-state index contributed by atoms with van der Waals surface area (Å²) in [4.78, 5) is 5.72. The van der Waals surface area contributed by atoms with E-state index < -0.39 is 0 Å². The first-order chi connectivity index (χ1) is 4.88. The van der Waals surface area contributed by atoms with Crippen molar-refractivity contribution < 1.29 is 0 Å². The Kier molecular flexibility index (Phi) is 2.52. The summed E-state index contributed by atoms with van der Waals surface area (Å²) in [6.45, 7) is 0. The first-order valence-electron chi connectivity index (χ1n) is 2.83. The Balaban J connectivity index is 2.96. The summed E-state index contributed by atoms with van der Waals surface area (Å²) in [5, 5.41) is 0. The molecule has 0 amide bonds. The van der Waals surface area contributed by atoms with E-state index in [1.165, 1.54) is 0 Å². The Bertz CT molecular complexity index is 192. The zero-order valence-corrected chi connectivity index (χ0v) is 7.31. The molecule has 0 aliphatic heterocycles. The summed E-state index contributed by atoms with van der Waals surface area (Å²) in [6, 6.07) is 7.82. The molecule has 0 unspecified atom stereocenters. The van der Waals surface area contributed by atoms with E-state index in [1.807, 2.05) is 24.3 Å². The lowest BCUT2D eigenvalue weighted by molar-refractivity contribution is 1.65. The van der Waals surface area contributed by atoms with Gasteiger partial charge in [0.1, 0.15) is 0 Å². The predicted octanol–water partition coefficient (Wildman–Crippen LogP) is 0.677. The fraction of sp³-hybridized carbons (Fsp3) is 0. The number of nitrogens with one attached hydrogen (secondary N) is 2. The van der Waals surface area contributed by atoms with Crippen molar-refractivity contribution in [1.82, 2.24) is 0 Å². The summed E-state index contributed by atoms with van der Waals surface area (Å²) in [5.74, 6) is 0. The van der Waals surface area contributed by atoms with Gasteiger partial charge in [0.25, 0.3) is 0 Å². The van der Waals surface area contributed by atoms with Crippen LogP contribution in [0.1, 0.15) is 0 Å². The third-order valence-electron chi connectivity index (χ3n) is 1.20. The van der Waals surface area contributed by atoms with Crippen molar-refractivity contribution in [1.29, 1.82) is 0 Å². The minimum atomic E-state index is 0.995. The molecule has 0 saturated heterocycles. The second-order valence-electron chi connectivity index (χ2n) is 1.80. The predicted molar refractivity (Wildman–Crippen MR) is 45.2 cm³/mol. The Hall–Kier alpha value is -0.746. The minimum Gasteiger partial charge on any atom is -0.411 e. The van der Waals surface area contributed by atoms with Crippen molar-refractivity contribution in [3.05, 3.63) is 24.3 Å². The van der Waals surface area contributed by atoms with Crippen LogP contribution in [0.5, 0.6) is 0 Å². The summed E-state index contributed by atoms with van der Waals surface area (Å²) in [5.41, 5.74) is 1.99. The van der Waals surface area contributed by atoms with Gasteiger partial charge in [-0.05, 0) is 12.1 Å². The molecule has 1 aromatic rings. The standard InChI is InChI=1S/C6H6N2Si2/c9-7-5-3-1-2-4-6(5)8-10/h1-4,7-8H. The molecule has 2 nitrogen and oxygen atoms in total. The van der Waals surface area contributed by atoms with Crippen LogP contribution in [0.4, 0.5) is 11.4 Å². The zero-order chi connectivity index (χ0) is 7.40. The highest BCUT2D eigenvalue weighted by atomic mass is 28.2. The normalized spacial score (nSPS) is 9.00. The van der Waals surface area contributed by atoms with Gasteiger partial charge in [-0.3, -0.25) is 0 Å². The van der Waals surface area contributed by atoms with Crippen LogP contribution in [0.2, 0.25) is 0 Å². The third-order valence-corrected chi connectivity index (χ3v) is 1.74. The molecular weight excluding hydrogens is 156 g/mol. The van der Waals surface area contributed by atoms with Crippen LogP contribution in [0.3, 0.4) is 0 Å². The highest BCUT2D eigenvalue weighted by Gasteiger charge is 1.92. The van der Waals surface area contributed by atoms with E-state index in [2.05, 4.69) is 30.8 Å². The molecular formula is C6H6N2Si2. The van der Waals surface area contributed by atoms with Gasteiger partial charge < -0.3 is 9.96 Å². The van der Waals surface area contributed by atoms with Crippen molar-refractivity contribution in [3.63, 3.8) is 0 Å². The lowest BCUT2D eigenvalue weighted by Crippen LogP contribution is -1.97. The average molecular weight is 162 g/mol. The fourth-order valence-electron chi connectivity index (χ4n) is 0.701.